The molecule has 0 aromatic heterocycles. The average Bonchev–Trinajstić information content (AvgIpc) is 2.28. The Hall–Kier alpha value is -0.610. The van der Waals surface area contributed by atoms with Gasteiger partial charge in [0.05, 0.1) is 24.7 Å². The highest BCUT2D eigenvalue weighted by Gasteiger charge is 2.39. The van der Waals surface area contributed by atoms with Crippen molar-refractivity contribution in [3.8, 4) is 0 Å². The van der Waals surface area contributed by atoms with E-state index in [1.807, 2.05) is 4.90 Å². The molecule has 1 aliphatic carbocycles. The normalized spacial score (nSPS) is 33.5. The summed E-state index contributed by atoms with van der Waals surface area (Å²) in [5.74, 6) is 0.270. The van der Waals surface area contributed by atoms with Crippen LogP contribution < -0.4 is 5.73 Å². The lowest BCUT2D eigenvalue weighted by atomic mass is 9.83. The molecule has 2 atom stereocenters. The molecule has 1 amide bonds. The molecule has 2 fully saturated rings. The fourth-order valence-corrected chi connectivity index (χ4v) is 2.93. The van der Waals surface area contributed by atoms with Gasteiger partial charge in [-0.05, 0) is 26.7 Å². The maximum absolute atomic E-state index is 12.6. The van der Waals surface area contributed by atoms with Gasteiger partial charge in [0.25, 0.3) is 0 Å². The zero-order valence-corrected chi connectivity index (χ0v) is 10.9. The second kappa shape index (κ2) is 4.94. The van der Waals surface area contributed by atoms with Gasteiger partial charge >= 0.3 is 0 Å². The van der Waals surface area contributed by atoms with Gasteiger partial charge in [0, 0.05) is 12.6 Å². The molecule has 2 rings (SSSR count). The van der Waals surface area contributed by atoms with E-state index in [-0.39, 0.29) is 23.4 Å². The molecule has 17 heavy (non-hydrogen) atoms. The summed E-state index contributed by atoms with van der Waals surface area (Å²) < 4.78 is 5.45. The molecule has 4 heteroatoms. The van der Waals surface area contributed by atoms with Crippen LogP contribution in [0.4, 0.5) is 0 Å². The molecular weight excluding hydrogens is 216 g/mol. The summed E-state index contributed by atoms with van der Waals surface area (Å²) in [7, 11) is 0. The first kappa shape index (κ1) is 12.8. The van der Waals surface area contributed by atoms with Crippen LogP contribution in [0.3, 0.4) is 0 Å². The Bertz CT molecular complexity index is 291. The van der Waals surface area contributed by atoms with Gasteiger partial charge in [0.1, 0.15) is 0 Å². The van der Waals surface area contributed by atoms with E-state index >= 15 is 0 Å². The lowest BCUT2D eigenvalue weighted by molar-refractivity contribution is -0.152. The van der Waals surface area contributed by atoms with E-state index in [4.69, 9.17) is 10.5 Å². The number of rotatable bonds is 1. The number of nitrogens with zero attached hydrogens (tertiary/aromatic N) is 1. The van der Waals surface area contributed by atoms with Crippen molar-refractivity contribution in [1.29, 1.82) is 0 Å². The third-order valence-corrected chi connectivity index (χ3v) is 4.05. The minimum atomic E-state index is -0.188. The van der Waals surface area contributed by atoms with Crippen molar-refractivity contribution in [3.05, 3.63) is 0 Å². The Labute approximate surface area is 103 Å². The van der Waals surface area contributed by atoms with Gasteiger partial charge in [-0.15, -0.1) is 0 Å². The Kier molecular flexibility index (Phi) is 3.73. The second-order valence-electron chi connectivity index (χ2n) is 5.91. The SMILES string of the molecule is CC1(C)COCCN1C(=O)C1CCCCC1N. The van der Waals surface area contributed by atoms with Crippen molar-refractivity contribution in [2.45, 2.75) is 51.1 Å². The van der Waals surface area contributed by atoms with Crippen LogP contribution in [0.15, 0.2) is 0 Å². The van der Waals surface area contributed by atoms with Gasteiger partial charge in [0.15, 0.2) is 0 Å². The average molecular weight is 240 g/mol. The van der Waals surface area contributed by atoms with Gasteiger partial charge in [0.2, 0.25) is 5.91 Å². The Balaban J connectivity index is 2.07. The maximum atomic E-state index is 12.6. The molecular formula is C13H24N2O2. The molecule has 0 bridgehead atoms. The fraction of sp³-hybridized carbons (Fsp3) is 0.923. The number of nitrogens with two attached hydrogens (primary N) is 1. The highest BCUT2D eigenvalue weighted by atomic mass is 16.5. The van der Waals surface area contributed by atoms with Gasteiger partial charge < -0.3 is 15.4 Å². The van der Waals surface area contributed by atoms with Crippen molar-refractivity contribution in [1.82, 2.24) is 4.90 Å². The molecule has 0 aromatic carbocycles. The Morgan fingerprint density at radius 2 is 2.06 bits per heavy atom. The van der Waals surface area contributed by atoms with E-state index in [1.54, 1.807) is 0 Å². The third kappa shape index (κ3) is 2.63. The summed E-state index contributed by atoms with van der Waals surface area (Å²) in [6.07, 6.45) is 4.24. The monoisotopic (exact) mass is 240 g/mol. The first-order chi connectivity index (χ1) is 8.02. The van der Waals surface area contributed by atoms with Gasteiger partial charge in [-0.3, -0.25) is 4.79 Å². The van der Waals surface area contributed by atoms with Gasteiger partial charge in [-0.1, -0.05) is 12.8 Å². The van der Waals surface area contributed by atoms with Crippen molar-refractivity contribution in [2.24, 2.45) is 11.7 Å². The summed E-state index contributed by atoms with van der Waals surface area (Å²) in [5.41, 5.74) is 5.91. The Morgan fingerprint density at radius 1 is 1.35 bits per heavy atom. The topological polar surface area (TPSA) is 55.6 Å². The standard InChI is InChI=1S/C13H24N2O2/c1-13(2)9-17-8-7-15(13)12(16)10-5-3-4-6-11(10)14/h10-11H,3-9,14H2,1-2H3. The number of morpholine rings is 1. The zero-order valence-electron chi connectivity index (χ0n) is 10.9. The smallest absolute Gasteiger partial charge is 0.227 e. The van der Waals surface area contributed by atoms with Crippen LogP contribution >= 0.6 is 0 Å². The lowest BCUT2D eigenvalue weighted by Crippen LogP contribution is -2.59. The molecule has 1 aliphatic heterocycles. The van der Waals surface area contributed by atoms with Crippen molar-refractivity contribution < 1.29 is 9.53 Å². The first-order valence-electron chi connectivity index (χ1n) is 6.67. The van der Waals surface area contributed by atoms with Crippen LogP contribution in [0.2, 0.25) is 0 Å². The van der Waals surface area contributed by atoms with Crippen LogP contribution in [0.25, 0.3) is 0 Å². The number of carbonyl (C=O) groups excluding carboxylic acids is 1. The van der Waals surface area contributed by atoms with Crippen LogP contribution in [0, 0.1) is 5.92 Å². The number of ether oxygens (including phenoxy) is 1. The molecule has 2 aliphatic rings. The minimum Gasteiger partial charge on any atom is -0.377 e. The summed E-state index contributed by atoms with van der Waals surface area (Å²) in [6, 6.07) is 0.0508. The number of hydrogen-bond acceptors (Lipinski definition) is 3. The van der Waals surface area contributed by atoms with E-state index in [2.05, 4.69) is 13.8 Å². The highest BCUT2D eigenvalue weighted by Crippen LogP contribution is 2.28. The van der Waals surface area contributed by atoms with E-state index in [9.17, 15) is 4.79 Å². The summed E-state index contributed by atoms with van der Waals surface area (Å²) in [6.45, 7) is 6.11. The highest BCUT2D eigenvalue weighted by molar-refractivity contribution is 5.80. The van der Waals surface area contributed by atoms with E-state index in [0.29, 0.717) is 19.8 Å². The van der Waals surface area contributed by atoms with Crippen molar-refractivity contribution >= 4 is 5.91 Å². The summed E-state index contributed by atoms with van der Waals surface area (Å²) >= 11 is 0. The van der Waals surface area contributed by atoms with Crippen LogP contribution in [-0.4, -0.2) is 42.1 Å². The van der Waals surface area contributed by atoms with E-state index in [1.165, 1.54) is 0 Å². The zero-order chi connectivity index (χ0) is 12.5. The molecule has 1 saturated carbocycles. The summed E-state index contributed by atoms with van der Waals surface area (Å²) in [5, 5.41) is 0. The Morgan fingerprint density at radius 3 is 2.71 bits per heavy atom. The van der Waals surface area contributed by atoms with Gasteiger partial charge in [-0.25, -0.2) is 0 Å². The molecule has 1 heterocycles. The fourth-order valence-electron chi connectivity index (χ4n) is 2.93. The molecule has 2 N–H and O–H groups in total. The molecule has 1 saturated heterocycles. The third-order valence-electron chi connectivity index (χ3n) is 4.05. The largest absolute Gasteiger partial charge is 0.377 e. The predicted molar refractivity (Wildman–Crippen MR) is 66.5 cm³/mol. The number of carbonyl (C=O) groups is 1. The van der Waals surface area contributed by atoms with Crippen LogP contribution in [-0.2, 0) is 9.53 Å². The molecule has 2 unspecified atom stereocenters. The molecule has 4 nitrogen and oxygen atoms in total. The number of hydrogen-bond donors (Lipinski definition) is 1. The van der Waals surface area contributed by atoms with Crippen LogP contribution in [0.1, 0.15) is 39.5 Å². The molecule has 0 radical (unpaired) electrons. The quantitative estimate of drug-likeness (QED) is 0.748. The number of amides is 1. The maximum Gasteiger partial charge on any atom is 0.227 e. The molecule has 0 aromatic rings. The van der Waals surface area contributed by atoms with Crippen molar-refractivity contribution in [2.75, 3.05) is 19.8 Å². The van der Waals surface area contributed by atoms with E-state index in [0.717, 1.165) is 25.7 Å². The van der Waals surface area contributed by atoms with Crippen LogP contribution in [0.5, 0.6) is 0 Å². The predicted octanol–water partition coefficient (Wildman–Crippen LogP) is 1.14. The summed E-state index contributed by atoms with van der Waals surface area (Å²) in [4.78, 5) is 14.5. The molecule has 0 spiro atoms. The minimum absolute atomic E-state index is 0.0288. The van der Waals surface area contributed by atoms with Crippen molar-refractivity contribution in [3.63, 3.8) is 0 Å². The second-order valence-corrected chi connectivity index (χ2v) is 5.91. The van der Waals surface area contributed by atoms with Gasteiger partial charge in [-0.2, -0.15) is 0 Å². The molecule has 98 valence electrons. The lowest BCUT2D eigenvalue weighted by Gasteiger charge is -2.45. The first-order valence-corrected chi connectivity index (χ1v) is 6.67. The van der Waals surface area contributed by atoms with E-state index < -0.39 is 0 Å².